The van der Waals surface area contributed by atoms with Gasteiger partial charge in [0.05, 0.1) is 11.0 Å². The number of aromatic nitrogens is 2. The third kappa shape index (κ3) is 5.48. The van der Waals surface area contributed by atoms with Gasteiger partial charge in [0.15, 0.2) is 0 Å². The van der Waals surface area contributed by atoms with E-state index in [0.29, 0.717) is 32.7 Å². The fourth-order valence-corrected chi connectivity index (χ4v) is 7.85. The number of benzene rings is 8. The zero-order valence-corrected chi connectivity index (χ0v) is 29.7. The summed E-state index contributed by atoms with van der Waals surface area (Å²) in [6.45, 7) is 0. The molecule has 10 heteroatoms. The average molecular weight is 677 g/mol. The van der Waals surface area contributed by atoms with Crippen LogP contribution >= 0.6 is 0 Å². The molecule has 0 amide bonds. The zero-order valence-electron chi connectivity index (χ0n) is 29.7. The van der Waals surface area contributed by atoms with E-state index < -0.39 is 0 Å². The highest BCUT2D eigenvalue weighted by Crippen LogP contribution is 2.42. The van der Waals surface area contributed by atoms with E-state index in [9.17, 15) is 0 Å². The average Bonchev–Trinajstić information content (AvgIpc) is 3.63. The van der Waals surface area contributed by atoms with Crippen LogP contribution in [-0.4, -0.2) is 72.3 Å². The van der Waals surface area contributed by atoms with E-state index in [1.807, 2.05) is 109 Å². The summed E-state index contributed by atoms with van der Waals surface area (Å²) in [5.41, 5.74) is 10.2. The monoisotopic (exact) mass is 678 g/mol. The number of rotatable bonds is 5. The van der Waals surface area contributed by atoms with Crippen molar-refractivity contribution in [1.29, 1.82) is 0 Å². The molecule has 0 fully saturated rings. The van der Waals surface area contributed by atoms with Crippen molar-refractivity contribution in [2.75, 3.05) is 0 Å². The lowest BCUT2D eigenvalue weighted by molar-refractivity contribution is 1.10. The fraction of sp³-hybridized carbons (Fsp3) is 0. The molecule has 0 bridgehead atoms. The first-order valence-corrected chi connectivity index (χ1v) is 17.7. The van der Waals surface area contributed by atoms with Gasteiger partial charge in [0.1, 0.15) is 68.6 Å². The van der Waals surface area contributed by atoms with E-state index in [4.69, 9.17) is 67.8 Å². The van der Waals surface area contributed by atoms with Crippen LogP contribution < -0.4 is 43.7 Å². The largest absolute Gasteiger partial charge is 0.292 e. The van der Waals surface area contributed by atoms with E-state index in [2.05, 4.69) is 28.8 Å². The first-order chi connectivity index (χ1) is 26.7. The Morgan fingerprint density at radius 3 is 1.31 bits per heavy atom. The summed E-state index contributed by atoms with van der Waals surface area (Å²) < 4.78 is 2.13. The Balaban J connectivity index is 1.42. The van der Waals surface area contributed by atoms with Crippen LogP contribution in [0.25, 0.3) is 83.0 Å². The first kappa shape index (κ1) is 35.0. The number of hydrogen-bond donors (Lipinski definition) is 0. The van der Waals surface area contributed by atoms with Crippen molar-refractivity contribution in [3.63, 3.8) is 0 Å². The first-order valence-electron chi connectivity index (χ1n) is 17.7. The van der Waals surface area contributed by atoms with Crippen molar-refractivity contribution < 1.29 is 0 Å². The van der Waals surface area contributed by atoms with Crippen molar-refractivity contribution >= 4 is 139 Å². The van der Waals surface area contributed by atoms with Gasteiger partial charge in [-0.15, -0.1) is 21.9 Å². The molecule has 0 aliphatic heterocycles. The van der Waals surface area contributed by atoms with Crippen molar-refractivity contribution in [2.24, 2.45) is 0 Å². The van der Waals surface area contributed by atoms with Crippen molar-refractivity contribution in [3.8, 4) is 50.5 Å². The fourth-order valence-electron chi connectivity index (χ4n) is 7.85. The minimum Gasteiger partial charge on any atom is -0.292 e. The molecule has 9 aromatic rings. The van der Waals surface area contributed by atoms with Crippen LogP contribution in [0.2, 0.25) is 0 Å². The molecule has 0 saturated carbocycles. The molecule has 8 aromatic carbocycles. The molecule has 16 radical (unpaired) electrons. The highest BCUT2D eigenvalue weighted by molar-refractivity contribution is 6.71. The second-order valence-electron chi connectivity index (χ2n) is 13.7. The summed E-state index contributed by atoms with van der Waals surface area (Å²) in [4.78, 5) is 5.06. The third-order valence-corrected chi connectivity index (χ3v) is 10.6. The maximum Gasteiger partial charge on any atom is 0.145 e. The van der Waals surface area contributed by atoms with E-state index in [1.54, 1.807) is 0 Å². The van der Waals surface area contributed by atoms with E-state index >= 15 is 0 Å². The molecule has 9 rings (SSSR count). The van der Waals surface area contributed by atoms with Gasteiger partial charge in [-0.3, -0.25) is 4.57 Å². The highest BCUT2D eigenvalue weighted by atomic mass is 15.1. The molecule has 1 aromatic heterocycles. The molecule has 0 atom stereocenters. The van der Waals surface area contributed by atoms with Gasteiger partial charge in [0, 0.05) is 11.3 Å². The van der Waals surface area contributed by atoms with Crippen molar-refractivity contribution in [1.82, 2.24) is 9.55 Å². The van der Waals surface area contributed by atoms with Crippen LogP contribution in [-0.2, 0) is 0 Å². The lowest BCUT2D eigenvalue weighted by Crippen LogP contribution is -2.50. The van der Waals surface area contributed by atoms with Gasteiger partial charge in [0.2, 0.25) is 0 Å². The molecule has 55 heavy (non-hydrogen) atoms. The van der Waals surface area contributed by atoms with E-state index in [0.717, 1.165) is 50.4 Å². The summed E-state index contributed by atoms with van der Waals surface area (Å²) in [5.74, 6) is 0.782. The number of imidazole rings is 1. The highest BCUT2D eigenvalue weighted by Gasteiger charge is 2.25. The molecular weight excluding hydrogens is 655 g/mol. The summed E-state index contributed by atoms with van der Waals surface area (Å²) >= 11 is 0. The Kier molecular flexibility index (Phi) is 8.61. The Bertz CT molecular complexity index is 2920. The topological polar surface area (TPSA) is 17.8 Å². The summed E-state index contributed by atoms with van der Waals surface area (Å²) in [6, 6.07) is 44.4. The Morgan fingerprint density at radius 1 is 0.345 bits per heavy atom. The predicted octanol–water partition coefficient (Wildman–Crippen LogP) is 2.35. The third-order valence-electron chi connectivity index (χ3n) is 10.6. The zero-order chi connectivity index (χ0) is 38.1. The minimum absolute atomic E-state index is 0.161. The normalized spacial score (nSPS) is 11.5. The SMILES string of the molecule is [B]c1c([B])c([B])c2c(-c3cccc(-n4c(-c5ccccc5)nc5ccccc54)c3)c3c([B])c([B])c([B])c([B])c3c(-c3ccc(-c4ccccc4)cc3)c2c1[B]. The second-order valence-corrected chi connectivity index (χ2v) is 13.7. The van der Waals surface area contributed by atoms with Gasteiger partial charge in [-0.1, -0.05) is 131 Å². The van der Waals surface area contributed by atoms with Gasteiger partial charge in [-0.05, 0) is 79.2 Å². The predicted molar refractivity (Wildman–Crippen MR) is 241 cm³/mol. The van der Waals surface area contributed by atoms with Crippen LogP contribution in [0.15, 0.2) is 133 Å². The van der Waals surface area contributed by atoms with Crippen LogP contribution in [0.3, 0.4) is 0 Å². The van der Waals surface area contributed by atoms with Crippen molar-refractivity contribution in [2.45, 2.75) is 0 Å². The van der Waals surface area contributed by atoms with Gasteiger partial charge in [-0.2, -0.15) is 0 Å². The summed E-state index contributed by atoms with van der Waals surface area (Å²) in [6.07, 6.45) is 0. The Labute approximate surface area is 331 Å². The van der Waals surface area contributed by atoms with Crippen LogP contribution in [0.1, 0.15) is 0 Å². The van der Waals surface area contributed by atoms with Crippen LogP contribution in [0.5, 0.6) is 0 Å². The molecule has 236 valence electrons. The summed E-state index contributed by atoms with van der Waals surface area (Å²) in [5, 5.41) is 2.26. The van der Waals surface area contributed by atoms with E-state index in [-0.39, 0.29) is 43.7 Å². The molecule has 0 N–H and O–H groups in total. The molecule has 0 unspecified atom stereocenters. The van der Waals surface area contributed by atoms with Gasteiger partial charge >= 0.3 is 0 Å². The summed E-state index contributed by atoms with van der Waals surface area (Å²) in [7, 11) is 54.6. The Hall–Kier alpha value is -5.73. The standard InChI is InChI=1S/C45H22B8N2/c46-37-33-31(25-20-18-24(19-21-25)23-10-3-1-4-11-23)34-36(40(49)44(53)42(51)38(34)47)32(35(33)39(48)43(52)41(37)50)27-14-9-15-28(22-27)55-30-17-8-7-16-29(30)54-45(55)26-12-5-2-6-13-26/h1-22H. The van der Waals surface area contributed by atoms with Crippen molar-refractivity contribution in [3.05, 3.63) is 133 Å². The van der Waals surface area contributed by atoms with E-state index in [1.165, 1.54) is 0 Å². The lowest BCUT2D eigenvalue weighted by atomic mass is 9.59. The molecule has 2 nitrogen and oxygen atoms in total. The lowest BCUT2D eigenvalue weighted by Gasteiger charge is -2.28. The smallest absolute Gasteiger partial charge is 0.145 e. The number of fused-ring (bicyclic) bond motifs is 3. The molecule has 0 spiro atoms. The van der Waals surface area contributed by atoms with Crippen LogP contribution in [0, 0.1) is 0 Å². The molecular formula is C45H22B8N2. The quantitative estimate of drug-likeness (QED) is 0.202. The molecule has 0 aliphatic rings. The molecule has 0 aliphatic carbocycles. The second kappa shape index (κ2) is 13.5. The number of nitrogens with zero attached hydrogens (tertiary/aromatic N) is 2. The number of hydrogen-bond acceptors (Lipinski definition) is 1. The van der Waals surface area contributed by atoms with Gasteiger partial charge in [-0.25, -0.2) is 4.98 Å². The van der Waals surface area contributed by atoms with Gasteiger partial charge in [0.25, 0.3) is 0 Å². The van der Waals surface area contributed by atoms with Gasteiger partial charge < -0.3 is 0 Å². The molecule has 0 saturated heterocycles. The minimum atomic E-state index is 0.161. The van der Waals surface area contributed by atoms with Crippen LogP contribution in [0.4, 0.5) is 0 Å². The number of para-hydroxylation sites is 2. The maximum absolute atomic E-state index is 7.02. The maximum atomic E-state index is 7.02. The Morgan fingerprint density at radius 2 is 0.764 bits per heavy atom. The molecule has 1 heterocycles.